The zero-order valence-electron chi connectivity index (χ0n) is 25.7. The summed E-state index contributed by atoms with van der Waals surface area (Å²) >= 11 is 0. The van der Waals surface area contributed by atoms with Crippen LogP contribution >= 0.6 is 0 Å². The maximum Gasteiger partial charge on any atom is 0.335 e. The molecule has 0 amide bonds. The Morgan fingerprint density at radius 2 is 1.72 bits per heavy atom. The van der Waals surface area contributed by atoms with Crippen molar-refractivity contribution in [3.63, 3.8) is 0 Å². The fourth-order valence-electron chi connectivity index (χ4n) is 10.3. The van der Waals surface area contributed by atoms with Gasteiger partial charge in [-0.2, -0.15) is 0 Å². The van der Waals surface area contributed by atoms with Crippen molar-refractivity contribution < 1.29 is 38.1 Å². The van der Waals surface area contributed by atoms with Crippen molar-refractivity contribution in [3.8, 4) is 0 Å². The summed E-state index contributed by atoms with van der Waals surface area (Å²) in [6.07, 6.45) is 11.5. The van der Waals surface area contributed by atoms with Crippen molar-refractivity contribution in [2.45, 2.75) is 134 Å². The van der Waals surface area contributed by atoms with Gasteiger partial charge in [0.25, 0.3) is 0 Å². The Hall–Kier alpha value is -2.68. The number of carbonyl (C=O) groups excluding carboxylic acids is 2. The van der Waals surface area contributed by atoms with Gasteiger partial charge in [0.15, 0.2) is 0 Å². The third kappa shape index (κ3) is 5.13. The Morgan fingerprint density at radius 3 is 2.42 bits per heavy atom. The van der Waals surface area contributed by atoms with Crippen LogP contribution in [0.15, 0.2) is 27.6 Å². The highest BCUT2D eigenvalue weighted by molar-refractivity contribution is 5.69. The molecule has 43 heavy (non-hydrogen) atoms. The molecule has 10 atom stereocenters. The Bertz CT molecular complexity index is 1280. The van der Waals surface area contributed by atoms with Gasteiger partial charge < -0.3 is 23.7 Å². The molecular weight excluding hydrogens is 552 g/mol. The topological polar surface area (TPSA) is 133 Å². The summed E-state index contributed by atoms with van der Waals surface area (Å²) in [5.41, 5.74) is 0.0266. The lowest BCUT2D eigenvalue weighted by atomic mass is 9.44. The van der Waals surface area contributed by atoms with Crippen LogP contribution in [-0.2, 0) is 28.6 Å². The molecule has 0 radical (unpaired) electrons. The number of hydrogen-bond donors (Lipinski definition) is 1. The van der Waals surface area contributed by atoms with Crippen molar-refractivity contribution >= 4 is 17.9 Å². The summed E-state index contributed by atoms with van der Waals surface area (Å²) in [7, 11) is 0. The third-order valence-corrected chi connectivity index (χ3v) is 12.3. The highest BCUT2D eigenvalue weighted by Crippen LogP contribution is 2.78. The number of carboxylic acids is 1. The Morgan fingerprint density at radius 1 is 0.953 bits per heavy atom. The number of esters is 2. The fraction of sp³-hybridized carbons (Fsp3) is 0.765. The summed E-state index contributed by atoms with van der Waals surface area (Å²) in [5, 5.41) is 8.76. The first-order valence-electron chi connectivity index (χ1n) is 16.3. The van der Waals surface area contributed by atoms with E-state index < -0.39 is 17.7 Å². The number of epoxide rings is 1. The van der Waals surface area contributed by atoms with Gasteiger partial charge in [0.2, 0.25) is 0 Å². The normalized spacial score (nSPS) is 40.8. The van der Waals surface area contributed by atoms with E-state index in [2.05, 4.69) is 13.8 Å². The average molecular weight is 599 g/mol. The maximum absolute atomic E-state index is 12.6. The van der Waals surface area contributed by atoms with Crippen molar-refractivity contribution in [1.82, 2.24) is 0 Å². The van der Waals surface area contributed by atoms with E-state index >= 15 is 0 Å². The summed E-state index contributed by atoms with van der Waals surface area (Å²) in [4.78, 5) is 47.3. The van der Waals surface area contributed by atoms with Crippen LogP contribution in [-0.4, -0.2) is 46.9 Å². The summed E-state index contributed by atoms with van der Waals surface area (Å²) < 4.78 is 23.9. The first-order valence-corrected chi connectivity index (χ1v) is 16.3. The number of ether oxygens (including phenoxy) is 3. The van der Waals surface area contributed by atoms with Crippen molar-refractivity contribution in [1.29, 1.82) is 0 Å². The first-order chi connectivity index (χ1) is 20.5. The van der Waals surface area contributed by atoms with Gasteiger partial charge in [-0.25, -0.2) is 4.79 Å². The molecule has 2 heterocycles. The van der Waals surface area contributed by atoms with Gasteiger partial charge in [-0.05, 0) is 92.6 Å². The van der Waals surface area contributed by atoms with Crippen LogP contribution < -0.4 is 5.63 Å². The van der Waals surface area contributed by atoms with Crippen LogP contribution in [0.1, 0.15) is 116 Å². The second kappa shape index (κ2) is 11.4. The van der Waals surface area contributed by atoms with Gasteiger partial charge in [0.05, 0.1) is 6.26 Å². The van der Waals surface area contributed by atoms with Crippen LogP contribution in [0.3, 0.4) is 0 Å². The van der Waals surface area contributed by atoms with E-state index in [9.17, 15) is 19.2 Å². The van der Waals surface area contributed by atoms with Crippen LogP contribution in [0.25, 0.3) is 0 Å². The molecule has 0 aromatic carbocycles. The van der Waals surface area contributed by atoms with Gasteiger partial charge in [-0.3, -0.25) is 14.4 Å². The minimum absolute atomic E-state index is 0.0389. The minimum atomic E-state index is -0.772. The summed E-state index contributed by atoms with van der Waals surface area (Å²) in [6, 6.07) is 3.27. The quantitative estimate of drug-likeness (QED) is 0.202. The standard InChI is InChI=1S/C34H46O9/c1-20(35)41-30-29(21-10-13-27(38)40-19-21)33(3)17-15-24-25(34(33)31(30)43-34)12-11-22-18-23(14-16-32(22,24)2)42-28(39)9-7-5-4-6-8-26(36)37/h10,13,19,22-25,29-31H,4-9,11-12,14-18H2,1-3H3,(H,36,37)/t22-,23+,24-,25-,29+,30+,31-,32-,33-,34-/m1/s1. The zero-order valence-corrected chi connectivity index (χ0v) is 25.7. The molecule has 6 rings (SSSR count). The van der Waals surface area contributed by atoms with Crippen molar-refractivity contribution in [2.24, 2.45) is 28.6 Å². The number of fused-ring (bicyclic) bond motifs is 3. The molecule has 1 aromatic rings. The van der Waals surface area contributed by atoms with Crippen molar-refractivity contribution in [2.75, 3.05) is 0 Å². The van der Waals surface area contributed by atoms with Gasteiger partial charge in [0, 0.05) is 37.2 Å². The summed E-state index contributed by atoms with van der Waals surface area (Å²) in [5.74, 6) is 0.00291. The van der Waals surface area contributed by atoms with E-state index in [0.717, 1.165) is 69.8 Å². The van der Waals surface area contributed by atoms with E-state index in [1.54, 1.807) is 6.26 Å². The van der Waals surface area contributed by atoms with Gasteiger partial charge in [0.1, 0.15) is 23.9 Å². The van der Waals surface area contributed by atoms with E-state index in [0.29, 0.717) is 30.6 Å². The van der Waals surface area contributed by atoms with E-state index in [-0.39, 0.29) is 52.9 Å². The monoisotopic (exact) mass is 598 g/mol. The summed E-state index contributed by atoms with van der Waals surface area (Å²) in [6.45, 7) is 6.19. The molecule has 9 nitrogen and oxygen atoms in total. The number of rotatable bonds is 10. The number of carbonyl (C=O) groups is 3. The zero-order chi connectivity index (χ0) is 30.6. The van der Waals surface area contributed by atoms with Crippen molar-refractivity contribution in [3.05, 3.63) is 34.4 Å². The number of carboxylic acid groups (broad SMARTS) is 1. The average Bonchev–Trinajstić information content (AvgIpc) is 3.66. The molecule has 1 saturated heterocycles. The largest absolute Gasteiger partial charge is 0.481 e. The van der Waals surface area contributed by atoms with E-state index in [4.69, 9.17) is 23.7 Å². The SMILES string of the molecule is CC(=O)O[C@@H]1[C@H]2O[C@]23[C@@H]2CC[C@@H]4C[C@@H](OC(=O)CCCCCCC(=O)O)CC[C@@]4(C)[C@@H]2CC[C@]3(C)[C@H]1c1ccc(=O)oc1. The molecule has 4 saturated carbocycles. The van der Waals surface area contributed by atoms with Gasteiger partial charge >= 0.3 is 23.5 Å². The highest BCUT2D eigenvalue weighted by Gasteiger charge is 2.84. The molecule has 0 bridgehead atoms. The second-order valence-electron chi connectivity index (χ2n) is 14.4. The Labute approximate surface area is 253 Å². The Kier molecular flexibility index (Phi) is 8.01. The lowest BCUT2D eigenvalue weighted by molar-refractivity contribution is -0.168. The second-order valence-corrected chi connectivity index (χ2v) is 14.4. The highest BCUT2D eigenvalue weighted by atomic mass is 16.7. The molecule has 9 heteroatoms. The lowest BCUT2D eigenvalue weighted by Crippen LogP contribution is -2.58. The first kappa shape index (κ1) is 30.4. The molecule has 5 aliphatic rings. The number of hydrogen-bond acceptors (Lipinski definition) is 8. The van der Waals surface area contributed by atoms with Crippen LogP contribution in [0.2, 0.25) is 0 Å². The number of unbranched alkanes of at least 4 members (excludes halogenated alkanes) is 3. The third-order valence-electron chi connectivity index (χ3n) is 12.3. The predicted molar refractivity (Wildman–Crippen MR) is 155 cm³/mol. The molecule has 1 spiro atoms. The Balaban J connectivity index is 1.12. The maximum atomic E-state index is 12.6. The molecular formula is C34H46O9. The lowest BCUT2D eigenvalue weighted by Gasteiger charge is -2.61. The van der Waals surface area contributed by atoms with E-state index in [1.165, 1.54) is 13.0 Å². The minimum Gasteiger partial charge on any atom is -0.481 e. The molecule has 0 unspecified atom stereocenters. The molecule has 1 N–H and O–H groups in total. The van der Waals surface area contributed by atoms with E-state index in [1.807, 2.05) is 6.07 Å². The van der Waals surface area contributed by atoms with Crippen LogP contribution in [0.5, 0.6) is 0 Å². The molecule has 4 aliphatic carbocycles. The molecule has 1 aliphatic heterocycles. The predicted octanol–water partition coefficient (Wildman–Crippen LogP) is 5.78. The van der Waals surface area contributed by atoms with Gasteiger partial charge in [-0.1, -0.05) is 26.7 Å². The smallest absolute Gasteiger partial charge is 0.335 e. The van der Waals surface area contributed by atoms with Gasteiger partial charge in [-0.15, -0.1) is 0 Å². The van der Waals surface area contributed by atoms with Crippen LogP contribution in [0.4, 0.5) is 0 Å². The molecule has 5 fully saturated rings. The molecule has 236 valence electrons. The molecule has 1 aromatic heterocycles. The fourth-order valence-corrected chi connectivity index (χ4v) is 10.3. The number of aliphatic carboxylic acids is 1. The van der Waals surface area contributed by atoms with Crippen LogP contribution in [0, 0.1) is 28.6 Å².